The van der Waals surface area contributed by atoms with E-state index in [1.54, 1.807) is 30.5 Å². The number of para-hydroxylation sites is 1. The lowest BCUT2D eigenvalue weighted by Crippen LogP contribution is -2.23. The van der Waals surface area contributed by atoms with Crippen LogP contribution in [-0.4, -0.2) is 10.9 Å². The van der Waals surface area contributed by atoms with Gasteiger partial charge in [-0.05, 0) is 29.8 Å². The molecule has 0 aliphatic heterocycles. The Kier molecular flexibility index (Phi) is 5.18. The van der Waals surface area contributed by atoms with Crippen LogP contribution in [0.5, 0.6) is 0 Å². The van der Waals surface area contributed by atoms with E-state index in [-0.39, 0.29) is 11.8 Å². The predicted octanol–water partition coefficient (Wildman–Crippen LogP) is 3.92. The topological polar surface area (TPSA) is 65.8 Å². The van der Waals surface area contributed by atoms with E-state index in [9.17, 15) is 10.1 Å². The molecule has 0 fully saturated rings. The Labute approximate surface area is 146 Å². The van der Waals surface area contributed by atoms with E-state index in [0.29, 0.717) is 17.7 Å². The number of amides is 1. The summed E-state index contributed by atoms with van der Waals surface area (Å²) in [5.74, 6) is -0.539. The molecule has 1 atom stereocenters. The molecule has 122 valence electrons. The zero-order valence-corrected chi connectivity index (χ0v) is 13.6. The Morgan fingerprint density at radius 1 is 1.00 bits per heavy atom. The van der Waals surface area contributed by atoms with Gasteiger partial charge in [0.15, 0.2) is 0 Å². The number of nitrogens with one attached hydrogen (secondary N) is 1. The Morgan fingerprint density at radius 3 is 2.44 bits per heavy atom. The first-order chi connectivity index (χ1) is 12.3. The zero-order valence-electron chi connectivity index (χ0n) is 13.6. The fourth-order valence-corrected chi connectivity index (χ4v) is 2.68. The highest BCUT2D eigenvalue weighted by molar-refractivity contribution is 5.97. The van der Waals surface area contributed by atoms with Crippen LogP contribution in [0, 0.1) is 11.3 Å². The lowest BCUT2D eigenvalue weighted by molar-refractivity contribution is -0.117. The summed E-state index contributed by atoms with van der Waals surface area (Å²) in [6.07, 6.45) is 2.21. The van der Waals surface area contributed by atoms with Gasteiger partial charge in [-0.15, -0.1) is 0 Å². The molecule has 3 rings (SSSR count). The van der Waals surface area contributed by atoms with Gasteiger partial charge in [0.25, 0.3) is 0 Å². The summed E-state index contributed by atoms with van der Waals surface area (Å²) >= 11 is 0. The maximum Gasteiger partial charge on any atom is 0.232 e. The van der Waals surface area contributed by atoms with Crippen LogP contribution < -0.4 is 5.32 Å². The number of hydrogen-bond acceptors (Lipinski definition) is 3. The molecule has 3 aromatic rings. The minimum absolute atomic E-state index is 0.153. The quantitative estimate of drug-likeness (QED) is 0.772. The van der Waals surface area contributed by atoms with Crippen LogP contribution in [-0.2, 0) is 11.2 Å². The molecule has 0 aliphatic carbocycles. The first-order valence-electron chi connectivity index (χ1n) is 8.03. The number of rotatable bonds is 5. The number of carbonyl (C=O) groups is 1. The maximum absolute atomic E-state index is 12.9. The molecular formula is C21H17N3O. The van der Waals surface area contributed by atoms with Crippen LogP contribution in [0.15, 0.2) is 79.0 Å². The van der Waals surface area contributed by atoms with E-state index in [1.807, 2.05) is 48.5 Å². The molecule has 0 bridgehead atoms. The van der Waals surface area contributed by atoms with Crippen molar-refractivity contribution in [3.8, 4) is 6.07 Å². The first-order valence-corrected chi connectivity index (χ1v) is 8.03. The van der Waals surface area contributed by atoms with Gasteiger partial charge in [-0.25, -0.2) is 0 Å². The Bertz CT molecular complexity index is 886. The highest BCUT2D eigenvalue weighted by Gasteiger charge is 2.22. The molecule has 0 aliphatic rings. The highest BCUT2D eigenvalue weighted by atomic mass is 16.1. The molecule has 2 aromatic carbocycles. The molecule has 1 heterocycles. The van der Waals surface area contributed by atoms with Gasteiger partial charge in [0.1, 0.15) is 6.07 Å². The average molecular weight is 327 g/mol. The van der Waals surface area contributed by atoms with E-state index in [0.717, 1.165) is 11.3 Å². The summed E-state index contributed by atoms with van der Waals surface area (Å²) in [7, 11) is 0. The van der Waals surface area contributed by atoms with Gasteiger partial charge < -0.3 is 5.32 Å². The summed E-state index contributed by atoms with van der Waals surface area (Å²) in [4.78, 5) is 17.3. The molecule has 25 heavy (non-hydrogen) atoms. The van der Waals surface area contributed by atoms with Crippen LogP contribution in [0.2, 0.25) is 0 Å². The molecular weight excluding hydrogens is 310 g/mol. The van der Waals surface area contributed by atoms with E-state index in [4.69, 9.17) is 0 Å². The molecule has 1 unspecified atom stereocenters. The summed E-state index contributed by atoms with van der Waals surface area (Å²) in [6, 6.07) is 24.4. The molecule has 0 saturated heterocycles. The van der Waals surface area contributed by atoms with Crippen LogP contribution in [0.25, 0.3) is 0 Å². The molecule has 4 nitrogen and oxygen atoms in total. The van der Waals surface area contributed by atoms with Gasteiger partial charge in [0.2, 0.25) is 5.91 Å². The standard InChI is InChI=1S/C21H17N3O/c22-15-17-10-4-5-12-20(17)24-21(25)19(16-8-2-1-3-9-16)14-18-11-6-7-13-23-18/h1-13,19H,14H2,(H,24,25). The number of hydrogen-bond donors (Lipinski definition) is 1. The largest absolute Gasteiger partial charge is 0.324 e. The third kappa shape index (κ3) is 4.10. The van der Waals surface area contributed by atoms with Crippen LogP contribution >= 0.6 is 0 Å². The Morgan fingerprint density at radius 2 is 1.72 bits per heavy atom. The molecule has 4 heteroatoms. The minimum Gasteiger partial charge on any atom is -0.324 e. The van der Waals surface area contributed by atoms with Crippen molar-refractivity contribution in [3.05, 3.63) is 95.8 Å². The fourth-order valence-electron chi connectivity index (χ4n) is 2.68. The third-order valence-electron chi connectivity index (χ3n) is 3.96. The van der Waals surface area contributed by atoms with E-state index >= 15 is 0 Å². The first kappa shape index (κ1) is 16.4. The third-order valence-corrected chi connectivity index (χ3v) is 3.96. The normalized spacial score (nSPS) is 11.3. The van der Waals surface area contributed by atoms with E-state index < -0.39 is 0 Å². The second-order valence-electron chi connectivity index (χ2n) is 5.64. The average Bonchev–Trinajstić information content (AvgIpc) is 2.68. The molecule has 0 radical (unpaired) electrons. The molecule has 0 saturated carbocycles. The number of nitriles is 1. The zero-order chi connectivity index (χ0) is 17.5. The van der Waals surface area contributed by atoms with Crippen LogP contribution in [0.4, 0.5) is 5.69 Å². The second-order valence-corrected chi connectivity index (χ2v) is 5.64. The smallest absolute Gasteiger partial charge is 0.232 e. The summed E-state index contributed by atoms with van der Waals surface area (Å²) in [5, 5.41) is 12.1. The van der Waals surface area contributed by atoms with E-state index in [1.165, 1.54) is 0 Å². The van der Waals surface area contributed by atoms with Gasteiger partial charge >= 0.3 is 0 Å². The highest BCUT2D eigenvalue weighted by Crippen LogP contribution is 2.23. The molecule has 1 N–H and O–H groups in total. The van der Waals surface area contributed by atoms with Gasteiger partial charge in [-0.3, -0.25) is 9.78 Å². The van der Waals surface area contributed by atoms with Crippen molar-refractivity contribution < 1.29 is 4.79 Å². The lowest BCUT2D eigenvalue weighted by atomic mass is 9.93. The van der Waals surface area contributed by atoms with Crippen LogP contribution in [0.3, 0.4) is 0 Å². The number of benzene rings is 2. The van der Waals surface area contributed by atoms with Crippen molar-refractivity contribution >= 4 is 11.6 Å². The predicted molar refractivity (Wildman–Crippen MR) is 96.9 cm³/mol. The van der Waals surface area contributed by atoms with Crippen LogP contribution in [0.1, 0.15) is 22.7 Å². The number of carbonyl (C=O) groups excluding carboxylic acids is 1. The van der Waals surface area contributed by atoms with Crippen molar-refractivity contribution in [1.82, 2.24) is 4.98 Å². The van der Waals surface area contributed by atoms with Crippen molar-refractivity contribution in [2.75, 3.05) is 5.32 Å². The fraction of sp³-hybridized carbons (Fsp3) is 0.0952. The summed E-state index contributed by atoms with van der Waals surface area (Å²) in [6.45, 7) is 0. The number of anilines is 1. The van der Waals surface area contributed by atoms with Crippen molar-refractivity contribution in [1.29, 1.82) is 5.26 Å². The minimum atomic E-state index is -0.386. The molecule has 1 aromatic heterocycles. The van der Waals surface area contributed by atoms with Crippen molar-refractivity contribution in [2.24, 2.45) is 0 Å². The molecule has 0 spiro atoms. The number of aromatic nitrogens is 1. The van der Waals surface area contributed by atoms with Gasteiger partial charge in [0.05, 0.1) is 17.2 Å². The monoisotopic (exact) mass is 327 g/mol. The SMILES string of the molecule is N#Cc1ccccc1NC(=O)C(Cc1ccccn1)c1ccccc1. The van der Waals surface area contributed by atoms with Gasteiger partial charge in [-0.2, -0.15) is 5.26 Å². The number of pyridine rings is 1. The summed E-state index contributed by atoms with van der Waals surface area (Å²) < 4.78 is 0. The maximum atomic E-state index is 12.9. The van der Waals surface area contributed by atoms with E-state index in [2.05, 4.69) is 16.4 Å². The molecule has 1 amide bonds. The van der Waals surface area contributed by atoms with Gasteiger partial charge in [0, 0.05) is 18.3 Å². The van der Waals surface area contributed by atoms with Gasteiger partial charge in [-0.1, -0.05) is 48.5 Å². The Hall–Kier alpha value is -3.45. The summed E-state index contributed by atoms with van der Waals surface area (Å²) in [5.41, 5.74) is 2.73. The van der Waals surface area contributed by atoms with Crippen molar-refractivity contribution in [3.63, 3.8) is 0 Å². The lowest BCUT2D eigenvalue weighted by Gasteiger charge is -2.17. The second kappa shape index (κ2) is 7.89. The number of nitrogens with zero attached hydrogens (tertiary/aromatic N) is 2. The van der Waals surface area contributed by atoms with Crippen molar-refractivity contribution in [2.45, 2.75) is 12.3 Å². The Balaban J connectivity index is 1.88.